The highest BCUT2D eigenvalue weighted by Crippen LogP contribution is 2.12. The molecule has 118 valence electrons. The van der Waals surface area contributed by atoms with Gasteiger partial charge in [-0.25, -0.2) is 4.79 Å². The number of nitrogens with one attached hydrogen (secondary N) is 1. The second-order valence-electron chi connectivity index (χ2n) is 5.01. The maximum absolute atomic E-state index is 12.2. The summed E-state index contributed by atoms with van der Waals surface area (Å²) in [5.41, 5.74) is 5.38. The van der Waals surface area contributed by atoms with Crippen LogP contribution >= 0.6 is 0 Å². The van der Waals surface area contributed by atoms with Gasteiger partial charge in [-0.3, -0.25) is 13.9 Å². The second kappa shape index (κ2) is 6.77. The predicted molar refractivity (Wildman–Crippen MR) is 79.7 cm³/mol. The first kappa shape index (κ1) is 15.6. The van der Waals surface area contributed by atoms with E-state index >= 15 is 0 Å². The molecule has 0 radical (unpaired) electrons. The van der Waals surface area contributed by atoms with E-state index in [0.29, 0.717) is 32.9 Å². The molecule has 1 saturated heterocycles. The lowest BCUT2D eigenvalue weighted by molar-refractivity contribution is -0.0818. The summed E-state index contributed by atoms with van der Waals surface area (Å²) >= 11 is 0. The van der Waals surface area contributed by atoms with E-state index in [9.17, 15) is 9.59 Å². The smallest absolute Gasteiger partial charge is 0.332 e. The number of aromatic nitrogens is 2. The Balaban J connectivity index is 2.25. The highest BCUT2D eigenvalue weighted by molar-refractivity contribution is 5.60. The van der Waals surface area contributed by atoms with Crippen molar-refractivity contribution in [2.24, 2.45) is 7.05 Å². The van der Waals surface area contributed by atoms with Crippen LogP contribution in [0.3, 0.4) is 0 Å². The van der Waals surface area contributed by atoms with E-state index in [1.807, 2.05) is 6.92 Å². The van der Waals surface area contributed by atoms with Gasteiger partial charge in [0.05, 0.1) is 25.9 Å². The van der Waals surface area contributed by atoms with Gasteiger partial charge in [-0.1, -0.05) is 6.92 Å². The molecule has 0 spiro atoms. The fraction of sp³-hybridized carbons (Fsp3) is 0.692. The van der Waals surface area contributed by atoms with Crippen LogP contribution in [0, 0.1) is 0 Å². The molecule has 1 aromatic rings. The van der Waals surface area contributed by atoms with Crippen molar-refractivity contribution in [3.05, 3.63) is 20.8 Å². The van der Waals surface area contributed by atoms with E-state index in [4.69, 9.17) is 15.2 Å². The lowest BCUT2D eigenvalue weighted by Crippen LogP contribution is -2.42. The highest BCUT2D eigenvalue weighted by Gasteiger charge is 2.18. The molecule has 1 aliphatic rings. The van der Waals surface area contributed by atoms with Crippen molar-refractivity contribution in [3.63, 3.8) is 0 Å². The van der Waals surface area contributed by atoms with E-state index in [0.717, 1.165) is 11.0 Å². The summed E-state index contributed by atoms with van der Waals surface area (Å²) in [6.45, 7) is 4.41. The summed E-state index contributed by atoms with van der Waals surface area (Å²) in [5, 5.41) is 2.99. The summed E-state index contributed by atoms with van der Waals surface area (Å²) < 4.78 is 13.3. The standard InChI is InChI=1S/C13H22N4O4/c1-3-4-17-11(14)10(12(18)16(2)13(17)19)15-7-9-8-20-5-6-21-9/h9,15H,3-8,14H2,1-2H3. The average molecular weight is 298 g/mol. The van der Waals surface area contributed by atoms with Crippen LogP contribution in [0.15, 0.2) is 9.59 Å². The number of nitrogens with zero attached hydrogens (tertiary/aromatic N) is 2. The monoisotopic (exact) mass is 298 g/mol. The van der Waals surface area contributed by atoms with Gasteiger partial charge in [0, 0.05) is 20.1 Å². The van der Waals surface area contributed by atoms with Gasteiger partial charge < -0.3 is 20.5 Å². The summed E-state index contributed by atoms with van der Waals surface area (Å²) in [5.74, 6) is 0.168. The minimum atomic E-state index is -0.429. The van der Waals surface area contributed by atoms with Gasteiger partial charge in [-0.15, -0.1) is 0 Å². The highest BCUT2D eigenvalue weighted by atomic mass is 16.6. The number of hydrogen-bond donors (Lipinski definition) is 2. The number of nitrogens with two attached hydrogens (primary N) is 1. The minimum absolute atomic E-state index is 0.130. The largest absolute Gasteiger partial charge is 0.383 e. The minimum Gasteiger partial charge on any atom is -0.383 e. The van der Waals surface area contributed by atoms with Crippen LogP contribution < -0.4 is 22.3 Å². The van der Waals surface area contributed by atoms with Crippen molar-refractivity contribution in [3.8, 4) is 0 Å². The average Bonchev–Trinajstić information content (AvgIpc) is 2.50. The summed E-state index contributed by atoms with van der Waals surface area (Å²) in [6.07, 6.45) is 0.621. The fourth-order valence-corrected chi connectivity index (χ4v) is 2.26. The third-order valence-corrected chi connectivity index (χ3v) is 3.42. The van der Waals surface area contributed by atoms with Gasteiger partial charge in [0.25, 0.3) is 5.56 Å². The SMILES string of the molecule is CCCn1c(N)c(NCC2COCCO2)c(=O)n(C)c1=O. The number of rotatable bonds is 5. The van der Waals surface area contributed by atoms with Crippen LogP contribution in [0.25, 0.3) is 0 Å². The molecule has 0 amide bonds. The molecule has 2 heterocycles. The maximum atomic E-state index is 12.2. The van der Waals surface area contributed by atoms with E-state index in [-0.39, 0.29) is 17.6 Å². The molecular weight excluding hydrogens is 276 g/mol. The number of anilines is 2. The first-order valence-corrected chi connectivity index (χ1v) is 7.08. The van der Waals surface area contributed by atoms with Gasteiger partial charge in [0.2, 0.25) is 0 Å². The first-order chi connectivity index (χ1) is 10.1. The van der Waals surface area contributed by atoms with Crippen LogP contribution in [0.4, 0.5) is 11.5 Å². The van der Waals surface area contributed by atoms with Gasteiger partial charge in [-0.05, 0) is 6.42 Å². The van der Waals surface area contributed by atoms with E-state index in [1.54, 1.807) is 0 Å². The molecule has 0 saturated carbocycles. The van der Waals surface area contributed by atoms with Crippen LogP contribution in [0.5, 0.6) is 0 Å². The summed E-state index contributed by atoms with van der Waals surface area (Å²) in [7, 11) is 1.45. The summed E-state index contributed by atoms with van der Waals surface area (Å²) in [4.78, 5) is 24.2. The maximum Gasteiger partial charge on any atom is 0.332 e. The molecule has 2 rings (SSSR count). The second-order valence-corrected chi connectivity index (χ2v) is 5.01. The molecule has 1 atom stereocenters. The van der Waals surface area contributed by atoms with Crippen molar-refractivity contribution in [1.29, 1.82) is 0 Å². The van der Waals surface area contributed by atoms with Crippen LogP contribution in [-0.2, 0) is 23.1 Å². The van der Waals surface area contributed by atoms with E-state index < -0.39 is 11.2 Å². The van der Waals surface area contributed by atoms with Gasteiger partial charge in [-0.2, -0.15) is 0 Å². The molecule has 1 aliphatic heterocycles. The van der Waals surface area contributed by atoms with Crippen molar-refractivity contribution in [1.82, 2.24) is 9.13 Å². The zero-order chi connectivity index (χ0) is 15.4. The first-order valence-electron chi connectivity index (χ1n) is 7.08. The normalized spacial score (nSPS) is 18.7. The topological polar surface area (TPSA) is 101 Å². The molecule has 8 nitrogen and oxygen atoms in total. The Hall–Kier alpha value is -1.80. The number of hydrogen-bond acceptors (Lipinski definition) is 6. The molecule has 0 aliphatic carbocycles. The Labute approximate surface area is 122 Å². The lowest BCUT2D eigenvalue weighted by Gasteiger charge is -2.24. The quantitative estimate of drug-likeness (QED) is 0.750. The third kappa shape index (κ3) is 3.27. The van der Waals surface area contributed by atoms with Gasteiger partial charge in [0.15, 0.2) is 0 Å². The third-order valence-electron chi connectivity index (χ3n) is 3.42. The van der Waals surface area contributed by atoms with Gasteiger partial charge >= 0.3 is 5.69 Å². The molecule has 1 unspecified atom stereocenters. The molecule has 1 aromatic heterocycles. The van der Waals surface area contributed by atoms with E-state index in [2.05, 4.69) is 5.32 Å². The Kier molecular flexibility index (Phi) is 5.03. The molecule has 0 aromatic carbocycles. The Morgan fingerprint density at radius 2 is 2.14 bits per heavy atom. The lowest BCUT2D eigenvalue weighted by atomic mass is 10.3. The molecule has 8 heteroatoms. The molecule has 21 heavy (non-hydrogen) atoms. The van der Waals surface area contributed by atoms with Gasteiger partial charge in [0.1, 0.15) is 11.5 Å². The van der Waals surface area contributed by atoms with Crippen LogP contribution in [0.2, 0.25) is 0 Å². The fourth-order valence-electron chi connectivity index (χ4n) is 2.26. The van der Waals surface area contributed by atoms with Crippen molar-refractivity contribution < 1.29 is 9.47 Å². The molecule has 1 fully saturated rings. The predicted octanol–water partition coefficient (Wildman–Crippen LogP) is -0.633. The molecular formula is C13H22N4O4. The molecule has 3 N–H and O–H groups in total. The molecule has 0 bridgehead atoms. The van der Waals surface area contributed by atoms with Crippen molar-refractivity contribution in [2.45, 2.75) is 26.0 Å². The summed E-state index contributed by atoms with van der Waals surface area (Å²) in [6, 6.07) is 0. The Morgan fingerprint density at radius 3 is 2.76 bits per heavy atom. The Morgan fingerprint density at radius 1 is 1.38 bits per heavy atom. The Bertz CT molecular complexity index is 601. The van der Waals surface area contributed by atoms with Crippen molar-refractivity contribution in [2.75, 3.05) is 37.4 Å². The zero-order valence-corrected chi connectivity index (χ0v) is 12.4. The zero-order valence-electron chi connectivity index (χ0n) is 12.4. The van der Waals surface area contributed by atoms with Crippen LogP contribution in [0.1, 0.15) is 13.3 Å². The van der Waals surface area contributed by atoms with E-state index in [1.165, 1.54) is 11.6 Å². The number of ether oxygens (including phenoxy) is 2. The van der Waals surface area contributed by atoms with Crippen molar-refractivity contribution >= 4 is 11.5 Å². The van der Waals surface area contributed by atoms with Crippen LogP contribution in [-0.4, -0.2) is 41.6 Å². The number of nitrogen functional groups attached to an aromatic ring is 1.